The number of pyridine rings is 1. The largest absolute Gasteiger partial charge is 0.368 e. The van der Waals surface area contributed by atoms with Gasteiger partial charge >= 0.3 is 0 Å². The summed E-state index contributed by atoms with van der Waals surface area (Å²) < 4.78 is 13.5. The number of piperazine rings is 1. The Bertz CT molecular complexity index is 1180. The highest BCUT2D eigenvalue weighted by Crippen LogP contribution is 2.30. The van der Waals surface area contributed by atoms with Crippen LogP contribution in [0.5, 0.6) is 0 Å². The van der Waals surface area contributed by atoms with Gasteiger partial charge in [0.05, 0.1) is 21.2 Å². The molecule has 0 saturated carbocycles. The van der Waals surface area contributed by atoms with Gasteiger partial charge in [0.15, 0.2) is 0 Å². The molecule has 0 bridgehead atoms. The van der Waals surface area contributed by atoms with Crippen molar-refractivity contribution in [1.82, 2.24) is 10.3 Å². The zero-order chi connectivity index (χ0) is 18.9. The number of hydrogen-bond acceptors (Lipinski definition) is 4. The van der Waals surface area contributed by atoms with Crippen LogP contribution >= 0.6 is 0 Å². The number of benzene rings is 3. The van der Waals surface area contributed by atoms with Crippen molar-refractivity contribution in [1.29, 1.82) is 0 Å². The van der Waals surface area contributed by atoms with E-state index in [2.05, 4.69) is 39.5 Å². The second kappa shape index (κ2) is 7.34. The zero-order valence-corrected chi connectivity index (χ0v) is 16.3. The van der Waals surface area contributed by atoms with Crippen LogP contribution in [0.25, 0.3) is 21.7 Å². The molecule has 0 amide bonds. The van der Waals surface area contributed by atoms with Crippen LogP contribution in [0.4, 0.5) is 5.69 Å². The highest BCUT2D eigenvalue weighted by atomic mass is 32.2. The molecule has 1 aromatic heterocycles. The Morgan fingerprint density at radius 3 is 2.61 bits per heavy atom. The first kappa shape index (κ1) is 17.3. The first-order valence-corrected chi connectivity index (χ1v) is 10.7. The molecule has 28 heavy (non-hydrogen) atoms. The third-order valence-electron chi connectivity index (χ3n) is 5.31. The van der Waals surface area contributed by atoms with Crippen LogP contribution in [0.3, 0.4) is 0 Å². The summed E-state index contributed by atoms with van der Waals surface area (Å²) in [7, 11) is -1.25. The molecule has 140 valence electrons. The van der Waals surface area contributed by atoms with Crippen LogP contribution in [-0.2, 0) is 10.8 Å². The van der Waals surface area contributed by atoms with E-state index in [4.69, 9.17) is 0 Å². The maximum atomic E-state index is 13.5. The number of rotatable bonds is 3. The van der Waals surface area contributed by atoms with Crippen LogP contribution in [0, 0.1) is 0 Å². The first-order valence-electron chi connectivity index (χ1n) is 9.55. The fourth-order valence-corrected chi connectivity index (χ4v) is 5.15. The average Bonchev–Trinajstić information content (AvgIpc) is 2.78. The Morgan fingerprint density at radius 2 is 1.71 bits per heavy atom. The molecule has 1 atom stereocenters. The van der Waals surface area contributed by atoms with Gasteiger partial charge in [-0.25, -0.2) is 4.21 Å². The lowest BCUT2D eigenvalue weighted by atomic mass is 10.1. The van der Waals surface area contributed by atoms with Crippen molar-refractivity contribution in [2.24, 2.45) is 0 Å². The van der Waals surface area contributed by atoms with Gasteiger partial charge in [-0.05, 0) is 41.1 Å². The van der Waals surface area contributed by atoms with Crippen molar-refractivity contribution >= 4 is 38.2 Å². The molecule has 1 fully saturated rings. The van der Waals surface area contributed by atoms with E-state index >= 15 is 0 Å². The van der Waals surface area contributed by atoms with Crippen LogP contribution in [0.15, 0.2) is 82.7 Å². The summed E-state index contributed by atoms with van der Waals surface area (Å²) in [6.07, 6.45) is 1.86. The monoisotopic (exact) mass is 387 g/mol. The number of anilines is 1. The van der Waals surface area contributed by atoms with E-state index in [9.17, 15) is 4.21 Å². The lowest BCUT2D eigenvalue weighted by molar-refractivity contribution is 0.590. The van der Waals surface area contributed by atoms with Gasteiger partial charge in [0, 0.05) is 48.3 Å². The van der Waals surface area contributed by atoms with Crippen molar-refractivity contribution < 1.29 is 4.21 Å². The minimum Gasteiger partial charge on any atom is -0.368 e. The quantitative estimate of drug-likeness (QED) is 0.578. The number of hydrogen-bond donors (Lipinski definition) is 1. The van der Waals surface area contributed by atoms with E-state index in [-0.39, 0.29) is 0 Å². The van der Waals surface area contributed by atoms with E-state index < -0.39 is 10.8 Å². The number of aromatic nitrogens is 1. The number of nitrogens with one attached hydrogen (secondary N) is 1. The highest BCUT2D eigenvalue weighted by Gasteiger charge is 2.16. The summed E-state index contributed by atoms with van der Waals surface area (Å²) in [6.45, 7) is 3.89. The normalized spacial score (nSPS) is 15.8. The van der Waals surface area contributed by atoms with Gasteiger partial charge in [0.2, 0.25) is 0 Å². The molecule has 4 nitrogen and oxygen atoms in total. The van der Waals surface area contributed by atoms with Gasteiger partial charge < -0.3 is 10.2 Å². The minimum atomic E-state index is -1.25. The summed E-state index contributed by atoms with van der Waals surface area (Å²) in [5.74, 6) is 0. The molecule has 5 rings (SSSR count). The Kier molecular flexibility index (Phi) is 4.55. The van der Waals surface area contributed by atoms with Gasteiger partial charge in [0.1, 0.15) is 0 Å². The summed E-state index contributed by atoms with van der Waals surface area (Å²) in [5, 5.41) is 6.61. The van der Waals surface area contributed by atoms with E-state index in [1.807, 2.05) is 48.7 Å². The predicted octanol–water partition coefficient (Wildman–Crippen LogP) is 3.96. The molecule has 0 spiro atoms. The van der Waals surface area contributed by atoms with Crippen LogP contribution in [-0.4, -0.2) is 35.4 Å². The van der Waals surface area contributed by atoms with Crippen LogP contribution < -0.4 is 10.2 Å². The lowest BCUT2D eigenvalue weighted by Crippen LogP contribution is -2.43. The summed E-state index contributed by atoms with van der Waals surface area (Å²) in [5.41, 5.74) is 2.11. The fraction of sp³-hybridized carbons (Fsp3) is 0.174. The molecule has 3 aromatic carbocycles. The SMILES string of the molecule is O=S(c1ccc2nccc(N3CCNCC3)c2c1)c1cccc2ccccc12. The second-order valence-corrected chi connectivity index (χ2v) is 8.44. The average molecular weight is 388 g/mol. The summed E-state index contributed by atoms with van der Waals surface area (Å²) in [4.78, 5) is 8.56. The number of fused-ring (bicyclic) bond motifs is 2. The molecular weight excluding hydrogens is 366 g/mol. The van der Waals surface area contributed by atoms with Crippen molar-refractivity contribution in [2.45, 2.75) is 9.79 Å². The van der Waals surface area contributed by atoms with Gasteiger partial charge in [-0.1, -0.05) is 36.4 Å². The van der Waals surface area contributed by atoms with Crippen LogP contribution in [0.1, 0.15) is 0 Å². The molecule has 0 aliphatic carbocycles. The molecule has 5 heteroatoms. The third kappa shape index (κ3) is 3.07. The maximum Gasteiger partial charge on any atom is 0.0856 e. The molecule has 1 N–H and O–H groups in total. The maximum absolute atomic E-state index is 13.5. The van der Waals surface area contributed by atoms with Gasteiger partial charge in [-0.3, -0.25) is 4.98 Å². The Hall–Kier alpha value is -2.76. The zero-order valence-electron chi connectivity index (χ0n) is 15.5. The summed E-state index contributed by atoms with van der Waals surface area (Å²) in [6, 6.07) is 22.1. The summed E-state index contributed by atoms with van der Waals surface area (Å²) >= 11 is 0. The van der Waals surface area contributed by atoms with E-state index in [1.165, 1.54) is 5.69 Å². The smallest absolute Gasteiger partial charge is 0.0856 e. The van der Waals surface area contributed by atoms with Crippen molar-refractivity contribution in [3.05, 3.63) is 72.9 Å². The van der Waals surface area contributed by atoms with Gasteiger partial charge in [0.25, 0.3) is 0 Å². The van der Waals surface area contributed by atoms with Crippen LogP contribution in [0.2, 0.25) is 0 Å². The Morgan fingerprint density at radius 1 is 0.893 bits per heavy atom. The van der Waals surface area contributed by atoms with Gasteiger partial charge in [-0.2, -0.15) is 0 Å². The third-order valence-corrected chi connectivity index (χ3v) is 6.75. The molecule has 1 aliphatic heterocycles. The van der Waals surface area contributed by atoms with Crippen molar-refractivity contribution in [2.75, 3.05) is 31.1 Å². The lowest BCUT2D eigenvalue weighted by Gasteiger charge is -2.30. The Balaban J connectivity index is 1.62. The van der Waals surface area contributed by atoms with Crippen molar-refractivity contribution in [3.63, 3.8) is 0 Å². The number of nitrogens with zero attached hydrogens (tertiary/aromatic N) is 2. The minimum absolute atomic E-state index is 0.813. The Labute approximate surface area is 166 Å². The van der Waals surface area contributed by atoms with E-state index in [0.29, 0.717) is 0 Å². The van der Waals surface area contributed by atoms with E-state index in [0.717, 1.165) is 57.6 Å². The first-order chi connectivity index (χ1) is 13.8. The molecule has 1 saturated heterocycles. The molecule has 1 unspecified atom stereocenters. The fourth-order valence-electron chi connectivity index (χ4n) is 3.89. The topological polar surface area (TPSA) is 45.2 Å². The van der Waals surface area contributed by atoms with Crippen molar-refractivity contribution in [3.8, 4) is 0 Å². The highest BCUT2D eigenvalue weighted by molar-refractivity contribution is 7.85. The standard InChI is InChI=1S/C23H21N3OS/c27-28(23-7-3-5-17-4-1-2-6-19(17)23)18-8-9-21-20(16-18)22(10-11-25-21)26-14-12-24-13-15-26/h1-11,16,24H,12-15H2. The van der Waals surface area contributed by atoms with E-state index in [1.54, 1.807) is 0 Å². The molecule has 1 aliphatic rings. The molecule has 4 aromatic rings. The van der Waals surface area contributed by atoms with Gasteiger partial charge in [-0.15, -0.1) is 0 Å². The molecule has 2 heterocycles. The molecule has 0 radical (unpaired) electrons. The predicted molar refractivity (Wildman–Crippen MR) is 115 cm³/mol. The second-order valence-electron chi connectivity index (χ2n) is 6.99. The molecular formula is C23H21N3OS.